The van der Waals surface area contributed by atoms with Crippen LogP contribution >= 0.6 is 0 Å². The van der Waals surface area contributed by atoms with Crippen LogP contribution in [0.2, 0.25) is 6.32 Å². The Hall–Kier alpha value is -1.16. The highest BCUT2D eigenvalue weighted by molar-refractivity contribution is 6.40. The van der Waals surface area contributed by atoms with Crippen molar-refractivity contribution in [2.45, 2.75) is 69.9 Å². The topological polar surface area (TPSA) is 159 Å². The highest BCUT2D eigenvalue weighted by Crippen LogP contribution is 2.53. The molecule has 8 N–H and O–H groups in total. The van der Waals surface area contributed by atoms with Gasteiger partial charge in [-0.15, -0.1) is 0 Å². The number of fused-ring (bicyclic) bond motifs is 1. The monoisotopic (exact) mass is 369 g/mol. The van der Waals surface area contributed by atoms with Gasteiger partial charge in [0.05, 0.1) is 6.04 Å². The van der Waals surface area contributed by atoms with Crippen LogP contribution < -0.4 is 16.8 Å². The van der Waals surface area contributed by atoms with Crippen molar-refractivity contribution >= 4 is 19.0 Å². The first-order chi connectivity index (χ1) is 12.1. The molecule has 2 saturated carbocycles. The fraction of sp³-hybridized carbons (Fsp3) is 0.882. The van der Waals surface area contributed by atoms with E-state index in [9.17, 15) is 14.7 Å². The number of rotatable bonds is 8. The van der Waals surface area contributed by atoms with Crippen LogP contribution in [0.5, 0.6) is 0 Å². The van der Waals surface area contributed by atoms with Gasteiger partial charge in [0.15, 0.2) is 0 Å². The Labute approximate surface area is 154 Å². The summed E-state index contributed by atoms with van der Waals surface area (Å²) in [6.45, 7) is 3.80. The minimum absolute atomic E-state index is 0.00780. The van der Waals surface area contributed by atoms with Gasteiger partial charge < -0.3 is 31.9 Å². The molecule has 1 amide bonds. The second-order valence-electron chi connectivity index (χ2n) is 8.44. The van der Waals surface area contributed by atoms with Crippen molar-refractivity contribution in [2.24, 2.45) is 35.1 Å². The summed E-state index contributed by atoms with van der Waals surface area (Å²) in [5.74, 6) is -1.07. The molecule has 2 rings (SSSR count). The third-order valence-electron chi connectivity index (χ3n) is 6.27. The number of nitrogens with two attached hydrogens (primary N) is 2. The van der Waals surface area contributed by atoms with Gasteiger partial charge in [-0.2, -0.15) is 0 Å². The summed E-state index contributed by atoms with van der Waals surface area (Å²) in [6.07, 6.45) is 3.04. The van der Waals surface area contributed by atoms with Crippen LogP contribution in [0.4, 0.5) is 0 Å². The molecule has 0 heterocycles. The van der Waals surface area contributed by atoms with E-state index in [1.54, 1.807) is 0 Å². The summed E-state index contributed by atoms with van der Waals surface area (Å²) in [5, 5.41) is 30.7. The Balaban J connectivity index is 2.02. The van der Waals surface area contributed by atoms with Crippen molar-refractivity contribution in [1.82, 2.24) is 5.32 Å². The summed E-state index contributed by atoms with van der Waals surface area (Å²) in [5.41, 5.74) is 10.9. The first-order valence-corrected chi connectivity index (χ1v) is 9.50. The molecule has 0 radical (unpaired) electrons. The van der Waals surface area contributed by atoms with Crippen molar-refractivity contribution in [2.75, 3.05) is 0 Å². The van der Waals surface area contributed by atoms with Gasteiger partial charge >= 0.3 is 13.1 Å². The zero-order chi connectivity index (χ0) is 19.6. The third kappa shape index (κ3) is 4.39. The van der Waals surface area contributed by atoms with E-state index in [0.717, 1.165) is 0 Å². The lowest BCUT2D eigenvalue weighted by atomic mass is 9.75. The van der Waals surface area contributed by atoms with E-state index in [2.05, 4.69) is 5.32 Å². The highest BCUT2D eigenvalue weighted by atomic mass is 16.4. The molecular weight excluding hydrogens is 337 g/mol. The number of hydrogen-bond acceptors (Lipinski definition) is 6. The van der Waals surface area contributed by atoms with E-state index in [0.29, 0.717) is 32.1 Å². The molecule has 0 aromatic rings. The van der Waals surface area contributed by atoms with Gasteiger partial charge in [-0.1, -0.05) is 20.3 Å². The lowest BCUT2D eigenvalue weighted by molar-refractivity contribution is -0.145. The molecule has 6 unspecified atom stereocenters. The second kappa shape index (κ2) is 8.25. The van der Waals surface area contributed by atoms with Crippen LogP contribution in [-0.2, 0) is 9.59 Å². The number of carbonyl (C=O) groups excluding carboxylic acids is 1. The van der Waals surface area contributed by atoms with Gasteiger partial charge in [0.2, 0.25) is 5.91 Å². The normalized spacial score (nSPS) is 34.6. The Morgan fingerprint density at radius 1 is 1.31 bits per heavy atom. The van der Waals surface area contributed by atoms with Gasteiger partial charge in [-0.3, -0.25) is 9.59 Å². The van der Waals surface area contributed by atoms with Crippen molar-refractivity contribution in [1.29, 1.82) is 0 Å². The Kier molecular flexibility index (Phi) is 6.71. The standard InChI is InChI=1S/C17H32BN3O5/c1-9(2)14(19)15(22)21-11-6-10-8-17(20,16(23)24)13(12(10)7-11)4-3-5-18(25)26/h9-14,25-26H,3-8,19-20H2,1-2H3,(H,21,22)(H,23,24). The molecule has 0 aromatic carbocycles. The van der Waals surface area contributed by atoms with Crippen LogP contribution in [0.1, 0.15) is 46.0 Å². The van der Waals surface area contributed by atoms with Gasteiger partial charge in [-0.05, 0) is 55.7 Å². The fourth-order valence-electron chi connectivity index (χ4n) is 4.81. The van der Waals surface area contributed by atoms with Crippen LogP contribution in [0.15, 0.2) is 0 Å². The van der Waals surface area contributed by atoms with Crippen LogP contribution in [0.25, 0.3) is 0 Å². The summed E-state index contributed by atoms with van der Waals surface area (Å²) >= 11 is 0. The molecule has 148 valence electrons. The van der Waals surface area contributed by atoms with E-state index < -0.39 is 24.7 Å². The van der Waals surface area contributed by atoms with Gasteiger partial charge in [-0.25, -0.2) is 0 Å². The molecule has 9 heteroatoms. The molecule has 2 aliphatic carbocycles. The molecule has 0 spiro atoms. The van der Waals surface area contributed by atoms with E-state index in [1.807, 2.05) is 13.8 Å². The van der Waals surface area contributed by atoms with Crippen molar-refractivity contribution in [3.63, 3.8) is 0 Å². The first kappa shape index (κ1) is 21.1. The number of hydrogen-bond donors (Lipinski definition) is 6. The molecule has 26 heavy (non-hydrogen) atoms. The Morgan fingerprint density at radius 3 is 2.50 bits per heavy atom. The third-order valence-corrected chi connectivity index (χ3v) is 6.27. The zero-order valence-electron chi connectivity index (χ0n) is 15.6. The van der Waals surface area contributed by atoms with Crippen LogP contribution in [-0.4, -0.2) is 51.8 Å². The molecule has 0 aromatic heterocycles. The molecule has 8 nitrogen and oxygen atoms in total. The zero-order valence-corrected chi connectivity index (χ0v) is 15.6. The number of nitrogens with one attached hydrogen (secondary N) is 1. The van der Waals surface area contributed by atoms with Crippen molar-refractivity contribution < 1.29 is 24.7 Å². The van der Waals surface area contributed by atoms with E-state index in [4.69, 9.17) is 21.5 Å². The van der Waals surface area contributed by atoms with Crippen molar-refractivity contribution in [3.8, 4) is 0 Å². The first-order valence-electron chi connectivity index (χ1n) is 9.50. The van der Waals surface area contributed by atoms with Gasteiger partial charge in [0.25, 0.3) is 0 Å². The molecule has 0 saturated heterocycles. The van der Waals surface area contributed by atoms with E-state index in [1.165, 1.54) is 0 Å². The maximum atomic E-state index is 12.2. The average Bonchev–Trinajstić information content (AvgIpc) is 3.02. The maximum Gasteiger partial charge on any atom is 0.451 e. The van der Waals surface area contributed by atoms with Gasteiger partial charge in [0, 0.05) is 6.04 Å². The fourth-order valence-corrected chi connectivity index (χ4v) is 4.81. The van der Waals surface area contributed by atoms with E-state index in [-0.39, 0.29) is 41.9 Å². The average molecular weight is 369 g/mol. The SMILES string of the molecule is CC(C)C(N)C(=O)NC1CC2CC(N)(C(=O)O)C(CCCB(O)O)C2C1. The largest absolute Gasteiger partial charge is 0.480 e. The predicted octanol–water partition coefficient (Wildman–Crippen LogP) is -0.464. The number of carbonyl (C=O) groups is 2. The molecule has 2 fully saturated rings. The highest BCUT2D eigenvalue weighted by Gasteiger charge is 2.58. The number of amides is 1. The van der Waals surface area contributed by atoms with Crippen LogP contribution in [0.3, 0.4) is 0 Å². The van der Waals surface area contributed by atoms with E-state index >= 15 is 0 Å². The molecule has 0 bridgehead atoms. The molecule has 2 aliphatic rings. The lowest BCUT2D eigenvalue weighted by Crippen LogP contribution is -2.53. The lowest BCUT2D eigenvalue weighted by Gasteiger charge is -2.31. The molecular formula is C17H32BN3O5. The quantitative estimate of drug-likeness (QED) is 0.316. The number of aliphatic carboxylic acids is 1. The number of carboxylic acids is 1. The smallest absolute Gasteiger partial charge is 0.451 e. The maximum absolute atomic E-state index is 12.2. The summed E-state index contributed by atoms with van der Waals surface area (Å²) in [7, 11) is -1.39. The van der Waals surface area contributed by atoms with Crippen LogP contribution in [0, 0.1) is 23.7 Å². The van der Waals surface area contributed by atoms with Crippen molar-refractivity contribution in [3.05, 3.63) is 0 Å². The predicted molar refractivity (Wildman–Crippen MR) is 97.9 cm³/mol. The molecule has 0 aliphatic heterocycles. The number of carboxylic acid groups (broad SMARTS) is 1. The van der Waals surface area contributed by atoms with Gasteiger partial charge in [0.1, 0.15) is 5.54 Å². The minimum atomic E-state index is -1.39. The Morgan fingerprint density at radius 2 is 1.96 bits per heavy atom. The Bertz CT molecular complexity index is 533. The second-order valence-corrected chi connectivity index (χ2v) is 8.44. The molecule has 6 atom stereocenters. The summed E-state index contributed by atoms with van der Waals surface area (Å²) < 4.78 is 0. The summed E-state index contributed by atoms with van der Waals surface area (Å²) in [4.78, 5) is 24.0. The minimum Gasteiger partial charge on any atom is -0.480 e. The summed E-state index contributed by atoms with van der Waals surface area (Å²) in [6, 6.07) is -0.559.